The molecule has 0 N–H and O–H groups in total. The monoisotopic (exact) mass is 342 g/mol. The molecule has 0 atom stereocenters. The third-order valence-electron chi connectivity index (χ3n) is 3.37. The van der Waals surface area contributed by atoms with E-state index >= 15 is 0 Å². The Hall–Kier alpha value is -2.36. The molecule has 23 heavy (non-hydrogen) atoms. The topological polar surface area (TPSA) is 53.0 Å². The first-order valence-corrected chi connectivity index (χ1v) is 7.55. The number of benzene rings is 2. The fraction of sp³-hybridized carbons (Fsp3) is 0. The largest absolute Gasteiger partial charge is 0.545 e. The van der Waals surface area contributed by atoms with Crippen LogP contribution in [-0.2, 0) is 0 Å². The highest BCUT2D eigenvalue weighted by Crippen LogP contribution is 2.27. The first kappa shape index (κ1) is 15.5. The Bertz CT molecular complexity index is 935. The van der Waals surface area contributed by atoms with Gasteiger partial charge < -0.3 is 9.90 Å². The molecule has 0 radical (unpaired) electrons. The van der Waals surface area contributed by atoms with E-state index in [1.54, 1.807) is 48.6 Å². The van der Waals surface area contributed by atoms with Crippen LogP contribution in [0.1, 0.15) is 21.6 Å². The van der Waals surface area contributed by atoms with Crippen molar-refractivity contribution < 1.29 is 9.90 Å². The fourth-order valence-corrected chi connectivity index (χ4v) is 2.65. The van der Waals surface area contributed by atoms with E-state index in [0.29, 0.717) is 26.6 Å². The first-order chi connectivity index (χ1) is 11.1. The molecule has 3 aromatic rings. The van der Waals surface area contributed by atoms with Gasteiger partial charge >= 0.3 is 0 Å². The molecule has 3 nitrogen and oxygen atoms in total. The summed E-state index contributed by atoms with van der Waals surface area (Å²) in [6.07, 6.45) is 3.43. The standard InChI is InChI=1S/C18H11Cl2NO2/c19-15-6-3-4-11(17(15)20)8-9-12-10-14(18(22)23)13-5-1-2-7-16(13)21-12/h1-10H,(H,22,23)/p-1/b9-8+. The average molecular weight is 343 g/mol. The van der Waals surface area contributed by atoms with E-state index in [0.717, 1.165) is 5.56 Å². The average Bonchev–Trinajstić information content (AvgIpc) is 2.55. The van der Waals surface area contributed by atoms with Gasteiger partial charge in [0.1, 0.15) is 0 Å². The number of carbonyl (C=O) groups is 1. The molecule has 0 unspecified atom stereocenters. The number of carboxylic acid groups (broad SMARTS) is 1. The van der Waals surface area contributed by atoms with Crippen LogP contribution in [0.25, 0.3) is 23.1 Å². The van der Waals surface area contributed by atoms with Crippen molar-refractivity contribution in [1.82, 2.24) is 4.98 Å². The van der Waals surface area contributed by atoms with Gasteiger partial charge in [0.25, 0.3) is 0 Å². The van der Waals surface area contributed by atoms with Gasteiger partial charge in [0.15, 0.2) is 0 Å². The maximum Gasteiger partial charge on any atom is 0.0722 e. The molecule has 0 fully saturated rings. The van der Waals surface area contributed by atoms with E-state index < -0.39 is 5.97 Å². The number of halogens is 2. The lowest BCUT2D eigenvalue weighted by atomic mass is 10.1. The van der Waals surface area contributed by atoms with Gasteiger partial charge in [-0.1, -0.05) is 59.6 Å². The number of hydrogen-bond donors (Lipinski definition) is 0. The van der Waals surface area contributed by atoms with Gasteiger partial charge in [0, 0.05) is 10.9 Å². The van der Waals surface area contributed by atoms with Gasteiger partial charge in [-0.25, -0.2) is 4.98 Å². The minimum absolute atomic E-state index is 0.104. The lowest BCUT2D eigenvalue weighted by Crippen LogP contribution is -2.22. The molecule has 0 aliphatic rings. The number of aromatic carboxylic acids is 1. The molecular formula is C18H10Cl2NO2-. The predicted octanol–water partition coefficient (Wildman–Crippen LogP) is 4.08. The van der Waals surface area contributed by atoms with E-state index in [-0.39, 0.29) is 5.56 Å². The van der Waals surface area contributed by atoms with Gasteiger partial charge in [-0.15, -0.1) is 0 Å². The van der Waals surface area contributed by atoms with Crippen molar-refractivity contribution in [2.45, 2.75) is 0 Å². The van der Waals surface area contributed by atoms with Gasteiger partial charge in [-0.2, -0.15) is 0 Å². The van der Waals surface area contributed by atoms with Crippen molar-refractivity contribution in [2.24, 2.45) is 0 Å². The highest BCUT2D eigenvalue weighted by Gasteiger charge is 2.06. The summed E-state index contributed by atoms with van der Waals surface area (Å²) < 4.78 is 0. The van der Waals surface area contributed by atoms with Crippen LogP contribution in [0.4, 0.5) is 0 Å². The van der Waals surface area contributed by atoms with Gasteiger partial charge in [-0.3, -0.25) is 0 Å². The van der Waals surface area contributed by atoms with E-state index in [4.69, 9.17) is 23.2 Å². The number of aromatic nitrogens is 1. The van der Waals surface area contributed by atoms with Crippen molar-refractivity contribution >= 4 is 52.2 Å². The van der Waals surface area contributed by atoms with Crippen molar-refractivity contribution in [3.05, 3.63) is 75.4 Å². The zero-order valence-electron chi connectivity index (χ0n) is 11.8. The second kappa shape index (κ2) is 6.41. The number of carbonyl (C=O) groups excluding carboxylic acids is 1. The Balaban J connectivity index is 2.08. The number of para-hydroxylation sites is 1. The third kappa shape index (κ3) is 3.21. The lowest BCUT2D eigenvalue weighted by Gasteiger charge is -2.08. The van der Waals surface area contributed by atoms with E-state index in [9.17, 15) is 9.90 Å². The summed E-state index contributed by atoms with van der Waals surface area (Å²) in [6, 6.07) is 13.8. The number of nitrogens with zero attached hydrogens (tertiary/aromatic N) is 1. The summed E-state index contributed by atoms with van der Waals surface area (Å²) >= 11 is 12.1. The van der Waals surface area contributed by atoms with Crippen LogP contribution in [0.5, 0.6) is 0 Å². The second-order valence-electron chi connectivity index (χ2n) is 4.88. The van der Waals surface area contributed by atoms with Crippen LogP contribution in [-0.4, -0.2) is 11.0 Å². The summed E-state index contributed by atoms with van der Waals surface area (Å²) in [5.74, 6) is -1.24. The van der Waals surface area contributed by atoms with Crippen LogP contribution in [0.15, 0.2) is 48.5 Å². The number of fused-ring (bicyclic) bond motifs is 1. The number of hydrogen-bond acceptors (Lipinski definition) is 3. The van der Waals surface area contributed by atoms with Crippen molar-refractivity contribution in [3.63, 3.8) is 0 Å². The predicted molar refractivity (Wildman–Crippen MR) is 91.5 cm³/mol. The molecule has 0 saturated carbocycles. The molecule has 0 spiro atoms. The number of pyridine rings is 1. The quantitative estimate of drug-likeness (QED) is 0.720. The van der Waals surface area contributed by atoms with Crippen LogP contribution in [0.3, 0.4) is 0 Å². The van der Waals surface area contributed by atoms with Gasteiger partial charge in [-0.05, 0) is 29.8 Å². The molecule has 1 aromatic heterocycles. The zero-order chi connectivity index (χ0) is 16.4. The van der Waals surface area contributed by atoms with E-state index in [1.165, 1.54) is 6.07 Å². The molecule has 0 aliphatic heterocycles. The molecule has 1 heterocycles. The van der Waals surface area contributed by atoms with Crippen molar-refractivity contribution in [3.8, 4) is 0 Å². The Morgan fingerprint density at radius 1 is 1.04 bits per heavy atom. The minimum Gasteiger partial charge on any atom is -0.545 e. The van der Waals surface area contributed by atoms with Crippen LogP contribution in [0.2, 0.25) is 10.0 Å². The SMILES string of the molecule is O=C([O-])c1cc(/C=C/c2cccc(Cl)c2Cl)nc2ccccc12. The molecule has 0 amide bonds. The van der Waals surface area contributed by atoms with Crippen LogP contribution >= 0.6 is 23.2 Å². The Morgan fingerprint density at radius 2 is 1.83 bits per heavy atom. The molecule has 5 heteroatoms. The molecule has 0 bridgehead atoms. The summed E-state index contributed by atoms with van der Waals surface area (Å²) in [5, 5.41) is 12.8. The zero-order valence-corrected chi connectivity index (χ0v) is 13.3. The maximum atomic E-state index is 11.3. The van der Waals surface area contributed by atoms with Crippen LogP contribution in [0, 0.1) is 0 Å². The maximum absolute atomic E-state index is 11.3. The van der Waals surface area contributed by atoms with Crippen LogP contribution < -0.4 is 5.11 Å². The summed E-state index contributed by atoms with van der Waals surface area (Å²) in [4.78, 5) is 15.8. The van der Waals surface area contributed by atoms with E-state index in [2.05, 4.69) is 4.98 Å². The molecule has 0 aliphatic carbocycles. The highest BCUT2D eigenvalue weighted by atomic mass is 35.5. The lowest BCUT2D eigenvalue weighted by molar-refractivity contribution is -0.254. The van der Waals surface area contributed by atoms with E-state index in [1.807, 2.05) is 6.07 Å². The summed E-state index contributed by atoms with van der Waals surface area (Å²) in [7, 11) is 0. The fourth-order valence-electron chi connectivity index (χ4n) is 2.27. The summed E-state index contributed by atoms with van der Waals surface area (Å²) in [6.45, 7) is 0. The van der Waals surface area contributed by atoms with Crippen molar-refractivity contribution in [2.75, 3.05) is 0 Å². The van der Waals surface area contributed by atoms with Crippen molar-refractivity contribution in [1.29, 1.82) is 0 Å². The van der Waals surface area contributed by atoms with Gasteiger partial charge in [0.2, 0.25) is 0 Å². The normalized spacial score (nSPS) is 11.2. The van der Waals surface area contributed by atoms with Gasteiger partial charge in [0.05, 0.1) is 27.2 Å². The minimum atomic E-state index is -1.24. The molecule has 114 valence electrons. The highest BCUT2D eigenvalue weighted by molar-refractivity contribution is 6.42. The Labute approximate surface area is 142 Å². The smallest absolute Gasteiger partial charge is 0.0722 e. The first-order valence-electron chi connectivity index (χ1n) is 6.79. The second-order valence-corrected chi connectivity index (χ2v) is 5.66. The Morgan fingerprint density at radius 3 is 2.61 bits per heavy atom. The number of rotatable bonds is 3. The Kier molecular flexibility index (Phi) is 4.33. The molecule has 2 aromatic carbocycles. The number of carboxylic acids is 1. The molecular weight excluding hydrogens is 333 g/mol. The molecule has 3 rings (SSSR count). The molecule has 0 saturated heterocycles. The third-order valence-corrected chi connectivity index (χ3v) is 4.20. The summed E-state index contributed by atoms with van der Waals surface area (Å²) in [5.41, 5.74) is 1.92.